The second kappa shape index (κ2) is 2.99. The van der Waals surface area contributed by atoms with Gasteiger partial charge in [0.25, 0.3) is 0 Å². The Morgan fingerprint density at radius 3 is 2.47 bits per heavy atom. The Kier molecular flexibility index (Phi) is 1.84. The van der Waals surface area contributed by atoms with E-state index in [2.05, 4.69) is 0 Å². The number of nitrogens with two attached hydrogens (primary N) is 1. The number of rotatable bonds is 1. The third kappa shape index (κ3) is 1.28. The topological polar surface area (TPSA) is 46.2 Å². The van der Waals surface area contributed by atoms with E-state index < -0.39 is 0 Å². The predicted octanol–water partition coefficient (Wildman–Crippen LogP) is 2.37. The molecule has 2 nitrogen and oxygen atoms in total. The SMILES string of the molecule is N[C@]1(c2ccc(O)cc2)C[C@@H]2CC[C@H]1C2. The third-order valence-electron chi connectivity index (χ3n) is 4.30. The molecule has 15 heavy (non-hydrogen) atoms. The largest absolute Gasteiger partial charge is 0.508 e. The minimum atomic E-state index is -0.114. The molecule has 2 saturated carbocycles. The molecule has 2 heteroatoms. The summed E-state index contributed by atoms with van der Waals surface area (Å²) in [4.78, 5) is 0. The maximum atomic E-state index is 9.27. The minimum Gasteiger partial charge on any atom is -0.508 e. The molecular formula is C13H17NO. The molecule has 0 spiro atoms. The fourth-order valence-corrected chi connectivity index (χ4v) is 3.50. The van der Waals surface area contributed by atoms with Gasteiger partial charge in [-0.1, -0.05) is 18.6 Å². The number of phenolic OH excluding ortho intramolecular Hbond substituents is 1. The molecule has 1 aromatic carbocycles. The van der Waals surface area contributed by atoms with Crippen LogP contribution in [0, 0.1) is 11.8 Å². The van der Waals surface area contributed by atoms with Crippen molar-refractivity contribution in [2.24, 2.45) is 17.6 Å². The Labute approximate surface area is 90.1 Å². The van der Waals surface area contributed by atoms with Crippen molar-refractivity contribution in [3.8, 4) is 5.75 Å². The zero-order chi connectivity index (χ0) is 10.5. The van der Waals surface area contributed by atoms with E-state index in [1.807, 2.05) is 12.1 Å². The second-order valence-corrected chi connectivity index (χ2v) is 5.17. The van der Waals surface area contributed by atoms with Gasteiger partial charge >= 0.3 is 0 Å². The number of fused-ring (bicyclic) bond motifs is 2. The van der Waals surface area contributed by atoms with Gasteiger partial charge in [0.15, 0.2) is 0 Å². The predicted molar refractivity (Wildman–Crippen MR) is 59.4 cm³/mol. The monoisotopic (exact) mass is 203 g/mol. The highest BCUT2D eigenvalue weighted by Gasteiger charge is 2.49. The molecule has 0 radical (unpaired) electrons. The van der Waals surface area contributed by atoms with Crippen molar-refractivity contribution >= 4 is 0 Å². The van der Waals surface area contributed by atoms with E-state index in [0.29, 0.717) is 11.7 Å². The van der Waals surface area contributed by atoms with Crippen molar-refractivity contribution < 1.29 is 5.11 Å². The highest BCUT2D eigenvalue weighted by Crippen LogP contribution is 2.54. The van der Waals surface area contributed by atoms with Gasteiger partial charge in [-0.3, -0.25) is 0 Å². The zero-order valence-electron chi connectivity index (χ0n) is 8.82. The summed E-state index contributed by atoms with van der Waals surface area (Å²) in [6, 6.07) is 7.46. The minimum absolute atomic E-state index is 0.114. The van der Waals surface area contributed by atoms with Crippen LogP contribution in [0.1, 0.15) is 31.2 Å². The smallest absolute Gasteiger partial charge is 0.115 e. The molecule has 0 amide bonds. The number of phenols is 1. The highest BCUT2D eigenvalue weighted by atomic mass is 16.3. The van der Waals surface area contributed by atoms with E-state index in [1.165, 1.54) is 24.8 Å². The van der Waals surface area contributed by atoms with Gasteiger partial charge in [-0.25, -0.2) is 0 Å². The van der Waals surface area contributed by atoms with Crippen LogP contribution >= 0.6 is 0 Å². The summed E-state index contributed by atoms with van der Waals surface area (Å²) < 4.78 is 0. The van der Waals surface area contributed by atoms with Gasteiger partial charge in [0, 0.05) is 5.54 Å². The van der Waals surface area contributed by atoms with E-state index in [1.54, 1.807) is 12.1 Å². The third-order valence-corrected chi connectivity index (χ3v) is 4.30. The number of benzene rings is 1. The van der Waals surface area contributed by atoms with Crippen LogP contribution < -0.4 is 5.73 Å². The quantitative estimate of drug-likeness (QED) is 0.736. The molecule has 0 aliphatic heterocycles. The summed E-state index contributed by atoms with van der Waals surface area (Å²) in [6.45, 7) is 0. The molecule has 3 N–H and O–H groups in total. The summed E-state index contributed by atoms with van der Waals surface area (Å²) >= 11 is 0. The Morgan fingerprint density at radius 1 is 1.20 bits per heavy atom. The van der Waals surface area contributed by atoms with Crippen molar-refractivity contribution in [3.63, 3.8) is 0 Å². The lowest BCUT2D eigenvalue weighted by Crippen LogP contribution is -2.41. The van der Waals surface area contributed by atoms with E-state index in [-0.39, 0.29) is 5.54 Å². The van der Waals surface area contributed by atoms with Crippen LogP contribution in [-0.4, -0.2) is 5.11 Å². The van der Waals surface area contributed by atoms with Gasteiger partial charge in [-0.05, 0) is 48.8 Å². The molecule has 0 unspecified atom stereocenters. The Morgan fingerprint density at radius 2 is 1.93 bits per heavy atom. The van der Waals surface area contributed by atoms with Crippen molar-refractivity contribution in [1.82, 2.24) is 0 Å². The molecule has 2 aliphatic carbocycles. The Balaban J connectivity index is 1.96. The van der Waals surface area contributed by atoms with Crippen LogP contribution in [0.4, 0.5) is 0 Å². The van der Waals surface area contributed by atoms with E-state index in [0.717, 1.165) is 12.3 Å². The van der Waals surface area contributed by atoms with Crippen LogP contribution in [-0.2, 0) is 5.54 Å². The molecule has 80 valence electrons. The molecule has 1 aromatic rings. The van der Waals surface area contributed by atoms with Crippen molar-refractivity contribution in [1.29, 1.82) is 0 Å². The van der Waals surface area contributed by atoms with Crippen molar-refractivity contribution in [3.05, 3.63) is 29.8 Å². The molecular weight excluding hydrogens is 186 g/mol. The van der Waals surface area contributed by atoms with Crippen molar-refractivity contribution in [2.75, 3.05) is 0 Å². The summed E-state index contributed by atoms with van der Waals surface area (Å²) in [5, 5.41) is 9.27. The summed E-state index contributed by atoms with van der Waals surface area (Å²) in [5.41, 5.74) is 7.62. The molecule has 3 atom stereocenters. The summed E-state index contributed by atoms with van der Waals surface area (Å²) in [7, 11) is 0. The fraction of sp³-hybridized carbons (Fsp3) is 0.538. The van der Waals surface area contributed by atoms with Crippen LogP contribution in [0.5, 0.6) is 5.75 Å². The first-order valence-electron chi connectivity index (χ1n) is 5.77. The molecule has 0 heterocycles. The van der Waals surface area contributed by atoms with Gasteiger partial charge in [0.1, 0.15) is 5.75 Å². The summed E-state index contributed by atoms with van der Waals surface area (Å²) in [5.74, 6) is 1.83. The first kappa shape index (κ1) is 9.22. The average Bonchev–Trinajstić information content (AvgIpc) is 2.78. The maximum Gasteiger partial charge on any atom is 0.115 e. The standard InChI is InChI=1S/C13H17NO/c14-13(8-9-1-2-11(13)7-9)10-3-5-12(15)6-4-10/h3-6,9,11,15H,1-2,7-8,14H2/t9-,11+,13+/m1/s1. The molecule has 0 saturated heterocycles. The van der Waals surface area contributed by atoms with Gasteiger partial charge in [0.2, 0.25) is 0 Å². The van der Waals surface area contributed by atoms with E-state index in [9.17, 15) is 5.11 Å². The normalized spacial score (nSPS) is 38.5. The first-order chi connectivity index (χ1) is 7.18. The van der Waals surface area contributed by atoms with E-state index in [4.69, 9.17) is 5.73 Å². The number of hydrogen-bond donors (Lipinski definition) is 2. The number of hydrogen-bond acceptors (Lipinski definition) is 2. The van der Waals surface area contributed by atoms with Gasteiger partial charge in [-0.15, -0.1) is 0 Å². The van der Waals surface area contributed by atoms with Gasteiger partial charge < -0.3 is 10.8 Å². The fourth-order valence-electron chi connectivity index (χ4n) is 3.50. The lowest BCUT2D eigenvalue weighted by atomic mass is 9.77. The molecule has 2 fully saturated rings. The van der Waals surface area contributed by atoms with Crippen LogP contribution in [0.15, 0.2) is 24.3 Å². The molecule has 0 aromatic heterocycles. The van der Waals surface area contributed by atoms with Crippen LogP contribution in [0.25, 0.3) is 0 Å². The van der Waals surface area contributed by atoms with Crippen molar-refractivity contribution in [2.45, 2.75) is 31.2 Å². The Hall–Kier alpha value is -1.02. The number of aromatic hydroxyl groups is 1. The molecule has 3 rings (SSSR count). The molecule has 2 bridgehead atoms. The maximum absolute atomic E-state index is 9.27. The second-order valence-electron chi connectivity index (χ2n) is 5.17. The van der Waals surface area contributed by atoms with E-state index >= 15 is 0 Å². The Bertz CT molecular complexity index is 373. The highest BCUT2D eigenvalue weighted by molar-refractivity contribution is 5.33. The van der Waals surface area contributed by atoms with Crippen LogP contribution in [0.2, 0.25) is 0 Å². The zero-order valence-corrected chi connectivity index (χ0v) is 8.82. The van der Waals surface area contributed by atoms with Crippen LogP contribution in [0.3, 0.4) is 0 Å². The lowest BCUT2D eigenvalue weighted by Gasteiger charge is -2.34. The first-order valence-corrected chi connectivity index (χ1v) is 5.77. The van der Waals surface area contributed by atoms with Gasteiger partial charge in [-0.2, -0.15) is 0 Å². The summed E-state index contributed by atoms with van der Waals surface area (Å²) in [6.07, 6.45) is 5.07. The molecule has 2 aliphatic rings. The lowest BCUT2D eigenvalue weighted by molar-refractivity contribution is 0.276. The average molecular weight is 203 g/mol. The van der Waals surface area contributed by atoms with Gasteiger partial charge in [0.05, 0.1) is 0 Å².